The van der Waals surface area contributed by atoms with Crippen molar-refractivity contribution in [2.75, 3.05) is 12.8 Å². The monoisotopic (exact) mass is 194 g/mol. The molecule has 1 atom stereocenters. The summed E-state index contributed by atoms with van der Waals surface area (Å²) >= 11 is 0. The Morgan fingerprint density at radius 1 is 1.50 bits per heavy atom. The first-order valence-corrected chi connectivity index (χ1v) is 6.06. The standard InChI is InChI=1S/C7H18N2O2S/c1-3-4-5-7(6-8)9-12(2,10)11/h7,9H,3-6,8H2,1-2H3. The molecule has 0 bridgehead atoms. The Balaban J connectivity index is 3.83. The summed E-state index contributed by atoms with van der Waals surface area (Å²) in [4.78, 5) is 0. The summed E-state index contributed by atoms with van der Waals surface area (Å²) in [5, 5.41) is 0. The SMILES string of the molecule is CCCCC(CN)NS(C)(=O)=O. The fourth-order valence-electron chi connectivity index (χ4n) is 0.978. The smallest absolute Gasteiger partial charge is 0.208 e. The van der Waals surface area contributed by atoms with Crippen LogP contribution in [-0.4, -0.2) is 27.3 Å². The summed E-state index contributed by atoms with van der Waals surface area (Å²) in [7, 11) is -3.10. The van der Waals surface area contributed by atoms with E-state index in [1.54, 1.807) is 0 Å². The van der Waals surface area contributed by atoms with Gasteiger partial charge in [-0.3, -0.25) is 0 Å². The molecule has 12 heavy (non-hydrogen) atoms. The summed E-state index contributed by atoms with van der Waals surface area (Å²) in [5.41, 5.74) is 5.39. The summed E-state index contributed by atoms with van der Waals surface area (Å²) in [5.74, 6) is 0. The van der Waals surface area contributed by atoms with Gasteiger partial charge in [-0.1, -0.05) is 19.8 Å². The lowest BCUT2D eigenvalue weighted by Gasteiger charge is -2.14. The Morgan fingerprint density at radius 3 is 2.42 bits per heavy atom. The van der Waals surface area contributed by atoms with Gasteiger partial charge in [0.2, 0.25) is 10.0 Å². The Labute approximate surface area is 74.6 Å². The largest absolute Gasteiger partial charge is 0.329 e. The zero-order valence-corrected chi connectivity index (χ0v) is 8.52. The van der Waals surface area contributed by atoms with Gasteiger partial charge in [0.1, 0.15) is 0 Å². The molecule has 0 saturated carbocycles. The maximum atomic E-state index is 10.8. The molecule has 0 aliphatic heterocycles. The molecule has 0 amide bonds. The van der Waals surface area contributed by atoms with Crippen LogP contribution in [0.3, 0.4) is 0 Å². The van der Waals surface area contributed by atoms with Gasteiger partial charge >= 0.3 is 0 Å². The number of unbranched alkanes of at least 4 members (excludes halogenated alkanes) is 1. The molecule has 0 radical (unpaired) electrons. The molecule has 0 aromatic heterocycles. The molecular weight excluding hydrogens is 176 g/mol. The van der Waals surface area contributed by atoms with Gasteiger partial charge in [-0.2, -0.15) is 0 Å². The fourth-order valence-corrected chi connectivity index (χ4v) is 1.80. The number of rotatable bonds is 6. The van der Waals surface area contributed by atoms with E-state index in [0.29, 0.717) is 6.54 Å². The molecular formula is C7H18N2O2S. The first kappa shape index (κ1) is 11.9. The van der Waals surface area contributed by atoms with Gasteiger partial charge in [0.05, 0.1) is 6.26 Å². The van der Waals surface area contributed by atoms with Gasteiger partial charge in [-0.05, 0) is 6.42 Å². The van der Waals surface area contributed by atoms with E-state index in [1.165, 1.54) is 0 Å². The van der Waals surface area contributed by atoms with Gasteiger partial charge in [0, 0.05) is 12.6 Å². The van der Waals surface area contributed by atoms with Crippen LogP contribution in [0.1, 0.15) is 26.2 Å². The minimum absolute atomic E-state index is 0.0973. The van der Waals surface area contributed by atoms with Crippen LogP contribution in [0.25, 0.3) is 0 Å². The molecule has 0 aromatic rings. The van der Waals surface area contributed by atoms with E-state index in [9.17, 15) is 8.42 Å². The van der Waals surface area contributed by atoms with Crippen LogP contribution in [0.5, 0.6) is 0 Å². The zero-order chi connectivity index (χ0) is 9.61. The Bertz CT molecular complexity index is 201. The molecule has 0 rings (SSSR count). The molecule has 0 saturated heterocycles. The highest BCUT2D eigenvalue weighted by molar-refractivity contribution is 7.88. The summed E-state index contributed by atoms with van der Waals surface area (Å²) in [6, 6.07) is -0.0973. The van der Waals surface area contributed by atoms with Crippen molar-refractivity contribution in [1.82, 2.24) is 4.72 Å². The van der Waals surface area contributed by atoms with Crippen molar-refractivity contribution in [3.8, 4) is 0 Å². The molecule has 0 spiro atoms. The van der Waals surface area contributed by atoms with Gasteiger partial charge in [-0.15, -0.1) is 0 Å². The number of nitrogens with one attached hydrogen (secondary N) is 1. The Hall–Kier alpha value is -0.130. The quantitative estimate of drug-likeness (QED) is 0.627. The lowest BCUT2D eigenvalue weighted by molar-refractivity contribution is 0.519. The minimum Gasteiger partial charge on any atom is -0.329 e. The molecule has 0 fully saturated rings. The van der Waals surface area contributed by atoms with E-state index in [2.05, 4.69) is 11.6 Å². The average molecular weight is 194 g/mol. The van der Waals surface area contributed by atoms with Gasteiger partial charge in [0.15, 0.2) is 0 Å². The molecule has 0 aromatic carbocycles. The summed E-state index contributed by atoms with van der Waals surface area (Å²) in [6.07, 6.45) is 4.04. The van der Waals surface area contributed by atoms with Gasteiger partial charge < -0.3 is 5.73 Å². The molecule has 4 nitrogen and oxygen atoms in total. The summed E-state index contributed by atoms with van der Waals surface area (Å²) in [6.45, 7) is 2.43. The lowest BCUT2D eigenvalue weighted by Crippen LogP contribution is -2.39. The van der Waals surface area contributed by atoms with E-state index in [4.69, 9.17) is 5.73 Å². The van der Waals surface area contributed by atoms with Crippen molar-refractivity contribution in [3.05, 3.63) is 0 Å². The highest BCUT2D eigenvalue weighted by atomic mass is 32.2. The maximum Gasteiger partial charge on any atom is 0.208 e. The topological polar surface area (TPSA) is 72.2 Å². The van der Waals surface area contributed by atoms with Crippen LogP contribution in [0.4, 0.5) is 0 Å². The van der Waals surface area contributed by atoms with Crippen molar-refractivity contribution in [3.63, 3.8) is 0 Å². The number of sulfonamides is 1. The summed E-state index contributed by atoms with van der Waals surface area (Å²) < 4.78 is 24.1. The normalized spacial score (nSPS) is 14.6. The van der Waals surface area contributed by atoms with Crippen LogP contribution < -0.4 is 10.5 Å². The highest BCUT2D eigenvalue weighted by Crippen LogP contribution is 1.99. The molecule has 0 heterocycles. The van der Waals surface area contributed by atoms with Crippen molar-refractivity contribution < 1.29 is 8.42 Å². The predicted octanol–water partition coefficient (Wildman–Crippen LogP) is 0.0531. The van der Waals surface area contributed by atoms with Gasteiger partial charge in [-0.25, -0.2) is 13.1 Å². The number of nitrogens with two attached hydrogens (primary N) is 1. The van der Waals surface area contributed by atoms with E-state index in [0.717, 1.165) is 25.5 Å². The first-order valence-electron chi connectivity index (χ1n) is 4.17. The van der Waals surface area contributed by atoms with Crippen molar-refractivity contribution in [1.29, 1.82) is 0 Å². The lowest BCUT2D eigenvalue weighted by atomic mass is 10.1. The zero-order valence-electron chi connectivity index (χ0n) is 7.71. The van der Waals surface area contributed by atoms with Crippen LogP contribution in [0.15, 0.2) is 0 Å². The van der Waals surface area contributed by atoms with E-state index in [1.807, 2.05) is 0 Å². The van der Waals surface area contributed by atoms with E-state index < -0.39 is 10.0 Å². The van der Waals surface area contributed by atoms with Crippen LogP contribution in [0.2, 0.25) is 0 Å². The van der Waals surface area contributed by atoms with Crippen LogP contribution >= 0.6 is 0 Å². The molecule has 1 unspecified atom stereocenters. The number of hydrogen-bond donors (Lipinski definition) is 2. The van der Waals surface area contributed by atoms with E-state index >= 15 is 0 Å². The van der Waals surface area contributed by atoms with Crippen LogP contribution in [0, 0.1) is 0 Å². The predicted molar refractivity (Wildman–Crippen MR) is 50.3 cm³/mol. The molecule has 5 heteroatoms. The molecule has 74 valence electrons. The van der Waals surface area contributed by atoms with Gasteiger partial charge in [0.25, 0.3) is 0 Å². The van der Waals surface area contributed by atoms with E-state index in [-0.39, 0.29) is 6.04 Å². The Morgan fingerprint density at radius 2 is 2.08 bits per heavy atom. The average Bonchev–Trinajstić information content (AvgIpc) is 1.95. The second kappa shape index (κ2) is 5.50. The fraction of sp³-hybridized carbons (Fsp3) is 1.00. The minimum atomic E-state index is -3.10. The van der Waals surface area contributed by atoms with Crippen molar-refractivity contribution in [2.45, 2.75) is 32.2 Å². The maximum absolute atomic E-state index is 10.8. The number of hydrogen-bond acceptors (Lipinski definition) is 3. The second-order valence-electron chi connectivity index (χ2n) is 2.96. The van der Waals surface area contributed by atoms with Crippen LogP contribution in [-0.2, 0) is 10.0 Å². The molecule has 0 aliphatic carbocycles. The van der Waals surface area contributed by atoms with Crippen molar-refractivity contribution in [2.24, 2.45) is 5.73 Å². The molecule has 0 aliphatic rings. The Kier molecular flexibility index (Phi) is 5.44. The second-order valence-corrected chi connectivity index (χ2v) is 4.74. The van der Waals surface area contributed by atoms with Crippen molar-refractivity contribution >= 4 is 10.0 Å². The molecule has 3 N–H and O–H groups in total. The highest BCUT2D eigenvalue weighted by Gasteiger charge is 2.10. The third-order valence-electron chi connectivity index (χ3n) is 1.57. The third-order valence-corrected chi connectivity index (χ3v) is 2.33. The third kappa shape index (κ3) is 6.57. The first-order chi connectivity index (χ1) is 5.49.